The predicted molar refractivity (Wildman–Crippen MR) is 101 cm³/mol. The third-order valence-electron chi connectivity index (χ3n) is 3.75. The van der Waals surface area contributed by atoms with E-state index in [1.807, 2.05) is 32.0 Å². The molecule has 0 bridgehead atoms. The summed E-state index contributed by atoms with van der Waals surface area (Å²) in [5, 5.41) is 0. The normalized spacial score (nSPS) is 12.1. The van der Waals surface area contributed by atoms with Crippen molar-refractivity contribution in [2.75, 3.05) is 5.75 Å². The van der Waals surface area contributed by atoms with Gasteiger partial charge in [0.2, 0.25) is 0 Å². The van der Waals surface area contributed by atoms with E-state index < -0.39 is 10.8 Å². The fraction of sp³-hybridized carbons (Fsp3) is 0.600. The van der Waals surface area contributed by atoms with Gasteiger partial charge in [-0.05, 0) is 38.8 Å². The van der Waals surface area contributed by atoms with Crippen molar-refractivity contribution in [2.45, 2.75) is 76.2 Å². The van der Waals surface area contributed by atoms with Crippen LogP contribution in [-0.4, -0.2) is 27.8 Å². The van der Waals surface area contributed by atoms with Gasteiger partial charge in [0.05, 0.1) is 22.7 Å². The molecule has 0 aliphatic heterocycles. The predicted octanol–water partition coefficient (Wildman–Crippen LogP) is 4.44. The summed E-state index contributed by atoms with van der Waals surface area (Å²) >= 11 is 0. The van der Waals surface area contributed by atoms with Crippen molar-refractivity contribution in [1.29, 1.82) is 0 Å². The summed E-state index contributed by atoms with van der Waals surface area (Å²) in [5.74, 6) is 0.0627. The third-order valence-corrected chi connectivity index (χ3v) is 5.13. The molecule has 5 heteroatoms. The number of Topliss-reactive ketones (excluding diaryl/α,β-unsaturated/α-hetero) is 1. The number of rotatable bonds is 13. The maximum Gasteiger partial charge on any atom is 0.306 e. The Morgan fingerprint density at radius 1 is 0.920 bits per heavy atom. The smallest absolute Gasteiger partial charge is 0.306 e. The van der Waals surface area contributed by atoms with Gasteiger partial charge in [-0.2, -0.15) is 0 Å². The van der Waals surface area contributed by atoms with Crippen LogP contribution in [0.3, 0.4) is 0 Å². The molecular formula is C20H30O4S. The Labute approximate surface area is 153 Å². The molecule has 0 aromatic heterocycles. The molecule has 0 aliphatic rings. The van der Waals surface area contributed by atoms with Gasteiger partial charge in [0.15, 0.2) is 0 Å². The molecule has 0 N–H and O–H groups in total. The summed E-state index contributed by atoms with van der Waals surface area (Å²) in [4.78, 5) is 24.0. The molecule has 0 saturated carbocycles. The van der Waals surface area contributed by atoms with Crippen LogP contribution in [0, 0.1) is 0 Å². The Bertz CT molecular complexity index is 540. The van der Waals surface area contributed by atoms with E-state index in [1.165, 1.54) is 0 Å². The average Bonchev–Trinajstić information content (AvgIpc) is 2.57. The van der Waals surface area contributed by atoms with E-state index in [-0.39, 0.29) is 23.6 Å². The van der Waals surface area contributed by atoms with Crippen LogP contribution >= 0.6 is 0 Å². The highest BCUT2D eigenvalue weighted by atomic mass is 32.2. The number of carbonyl (C=O) groups is 2. The number of unbranched alkanes of at least 4 members (excludes halogenated alkanes) is 5. The first-order valence-corrected chi connectivity index (χ1v) is 10.5. The van der Waals surface area contributed by atoms with Gasteiger partial charge in [-0.15, -0.1) is 0 Å². The lowest BCUT2D eigenvalue weighted by atomic mass is 10.1. The Hall–Kier alpha value is -1.49. The number of ether oxygens (including phenoxy) is 1. The van der Waals surface area contributed by atoms with Crippen molar-refractivity contribution in [3.05, 3.63) is 30.3 Å². The first-order valence-electron chi connectivity index (χ1n) is 9.13. The molecule has 1 aromatic carbocycles. The van der Waals surface area contributed by atoms with Crippen molar-refractivity contribution in [3.8, 4) is 0 Å². The SMILES string of the molecule is CC(C)OC(=O)CCCCCCCCC(=O)CS(=O)c1ccccc1. The van der Waals surface area contributed by atoms with Crippen molar-refractivity contribution in [1.82, 2.24) is 0 Å². The molecule has 0 radical (unpaired) electrons. The summed E-state index contributed by atoms with van der Waals surface area (Å²) < 4.78 is 17.1. The van der Waals surface area contributed by atoms with Gasteiger partial charge < -0.3 is 4.74 Å². The monoisotopic (exact) mass is 366 g/mol. The van der Waals surface area contributed by atoms with Crippen molar-refractivity contribution >= 4 is 22.6 Å². The lowest BCUT2D eigenvalue weighted by Crippen LogP contribution is -2.10. The first kappa shape index (κ1) is 21.6. The summed E-state index contributed by atoms with van der Waals surface area (Å²) in [7, 11) is -1.23. The molecule has 4 nitrogen and oxygen atoms in total. The van der Waals surface area contributed by atoms with Crippen molar-refractivity contribution in [3.63, 3.8) is 0 Å². The number of carbonyl (C=O) groups excluding carboxylic acids is 2. The highest BCUT2D eigenvalue weighted by Crippen LogP contribution is 2.11. The van der Waals surface area contributed by atoms with E-state index in [0.717, 1.165) is 38.5 Å². The molecule has 140 valence electrons. The van der Waals surface area contributed by atoms with Crippen LogP contribution < -0.4 is 0 Å². The molecule has 1 rings (SSSR count). The maximum atomic E-state index is 12.0. The van der Waals surface area contributed by atoms with Crippen LogP contribution in [-0.2, 0) is 25.1 Å². The zero-order chi connectivity index (χ0) is 18.5. The highest BCUT2D eigenvalue weighted by molar-refractivity contribution is 7.85. The minimum Gasteiger partial charge on any atom is -0.463 e. The summed E-state index contributed by atoms with van der Waals surface area (Å²) in [6, 6.07) is 9.12. The fourth-order valence-electron chi connectivity index (χ4n) is 2.49. The van der Waals surface area contributed by atoms with Gasteiger partial charge in [-0.25, -0.2) is 0 Å². The Balaban J connectivity index is 2.00. The largest absolute Gasteiger partial charge is 0.463 e. The second-order valence-electron chi connectivity index (χ2n) is 6.50. The Morgan fingerprint density at radius 3 is 2.08 bits per heavy atom. The Kier molecular flexibility index (Phi) is 11.0. The van der Waals surface area contributed by atoms with E-state index in [1.54, 1.807) is 12.1 Å². The van der Waals surface area contributed by atoms with Crippen molar-refractivity contribution in [2.24, 2.45) is 0 Å². The Morgan fingerprint density at radius 2 is 1.48 bits per heavy atom. The molecule has 1 atom stereocenters. The van der Waals surface area contributed by atoms with Crippen LogP contribution in [0.25, 0.3) is 0 Å². The molecule has 0 aliphatic carbocycles. The van der Waals surface area contributed by atoms with Crippen LogP contribution in [0.4, 0.5) is 0 Å². The molecule has 0 saturated heterocycles. The van der Waals surface area contributed by atoms with Gasteiger partial charge in [-0.3, -0.25) is 13.8 Å². The fourth-order valence-corrected chi connectivity index (χ4v) is 3.56. The summed E-state index contributed by atoms with van der Waals surface area (Å²) in [5.41, 5.74) is 0. The molecule has 0 heterocycles. The number of hydrogen-bond acceptors (Lipinski definition) is 4. The van der Waals surface area contributed by atoms with Gasteiger partial charge in [0.1, 0.15) is 5.78 Å². The standard InChI is InChI=1S/C20H30O4S/c1-17(2)24-20(22)15-11-6-4-3-5-8-12-18(21)16-25(23)19-13-9-7-10-14-19/h7,9-10,13-14,17H,3-6,8,11-12,15-16H2,1-2H3. The first-order chi connectivity index (χ1) is 12.0. The quantitative estimate of drug-likeness (QED) is 0.383. The number of benzene rings is 1. The van der Waals surface area contributed by atoms with E-state index in [4.69, 9.17) is 4.74 Å². The van der Waals surface area contributed by atoms with Crippen molar-refractivity contribution < 1.29 is 18.5 Å². The van der Waals surface area contributed by atoms with Gasteiger partial charge >= 0.3 is 5.97 Å². The number of hydrogen-bond donors (Lipinski definition) is 0. The number of esters is 1. The van der Waals surface area contributed by atoms with E-state index in [0.29, 0.717) is 17.7 Å². The number of ketones is 1. The summed E-state index contributed by atoms with van der Waals surface area (Å²) in [6.07, 6.45) is 6.80. The van der Waals surface area contributed by atoms with E-state index in [2.05, 4.69) is 0 Å². The van der Waals surface area contributed by atoms with Crippen LogP contribution in [0.2, 0.25) is 0 Å². The minimum absolute atomic E-state index is 0.0405. The highest BCUT2D eigenvalue weighted by Gasteiger charge is 2.09. The molecular weight excluding hydrogens is 336 g/mol. The van der Waals surface area contributed by atoms with Crippen LogP contribution in [0.5, 0.6) is 0 Å². The zero-order valence-corrected chi connectivity index (χ0v) is 16.2. The van der Waals surface area contributed by atoms with Crippen LogP contribution in [0.15, 0.2) is 35.2 Å². The summed E-state index contributed by atoms with van der Waals surface area (Å²) in [6.45, 7) is 3.71. The van der Waals surface area contributed by atoms with E-state index >= 15 is 0 Å². The molecule has 1 unspecified atom stereocenters. The molecule has 1 aromatic rings. The molecule has 0 spiro atoms. The second kappa shape index (κ2) is 12.8. The van der Waals surface area contributed by atoms with E-state index in [9.17, 15) is 13.8 Å². The lowest BCUT2D eigenvalue weighted by molar-refractivity contribution is -0.147. The molecule has 0 fully saturated rings. The lowest BCUT2D eigenvalue weighted by Gasteiger charge is -2.07. The maximum absolute atomic E-state index is 12.0. The second-order valence-corrected chi connectivity index (χ2v) is 7.95. The molecule has 0 amide bonds. The average molecular weight is 367 g/mol. The zero-order valence-electron chi connectivity index (χ0n) is 15.4. The van der Waals surface area contributed by atoms with Gasteiger partial charge in [0.25, 0.3) is 0 Å². The van der Waals surface area contributed by atoms with Gasteiger partial charge in [0, 0.05) is 17.7 Å². The molecule has 25 heavy (non-hydrogen) atoms. The topological polar surface area (TPSA) is 60.4 Å². The van der Waals surface area contributed by atoms with Crippen LogP contribution in [0.1, 0.15) is 65.2 Å². The minimum atomic E-state index is -1.23. The van der Waals surface area contributed by atoms with Gasteiger partial charge in [-0.1, -0.05) is 43.9 Å². The third kappa shape index (κ3) is 10.9.